The average molecular weight is 280 g/mol. The number of piperazine rings is 1. The molecule has 20 heavy (non-hydrogen) atoms. The molecule has 0 aromatic heterocycles. The molecule has 1 aromatic rings. The van der Waals surface area contributed by atoms with Gasteiger partial charge >= 0.3 is 0 Å². The molecule has 1 fully saturated rings. The molecule has 0 radical (unpaired) electrons. The second-order valence-corrected chi connectivity index (χ2v) is 5.04. The Labute approximate surface area is 120 Å². The van der Waals surface area contributed by atoms with Gasteiger partial charge in [0.05, 0.1) is 26.4 Å². The first-order valence-corrected chi connectivity index (χ1v) is 7.11. The monoisotopic (exact) mass is 280 g/mol. The zero-order valence-electron chi connectivity index (χ0n) is 12.0. The molecule has 0 saturated carbocycles. The molecule has 0 amide bonds. The van der Waals surface area contributed by atoms with Crippen molar-refractivity contribution in [1.29, 1.82) is 0 Å². The summed E-state index contributed by atoms with van der Waals surface area (Å²) in [5.74, 6) is 0.881. The fraction of sp³-hybridized carbons (Fsp3) is 0.600. The van der Waals surface area contributed by atoms with Crippen molar-refractivity contribution in [2.75, 3.05) is 53.0 Å². The van der Waals surface area contributed by atoms with Crippen LogP contribution >= 0.6 is 0 Å². The van der Waals surface area contributed by atoms with Gasteiger partial charge < -0.3 is 14.9 Å². The van der Waals surface area contributed by atoms with E-state index in [1.165, 1.54) is 0 Å². The Morgan fingerprint density at radius 2 is 1.90 bits per heavy atom. The number of nitrogens with zero attached hydrogens (tertiary/aromatic N) is 2. The van der Waals surface area contributed by atoms with Gasteiger partial charge in [-0.25, -0.2) is 0 Å². The Balaban J connectivity index is 2.21. The highest BCUT2D eigenvalue weighted by Gasteiger charge is 2.29. The molecular weight excluding hydrogens is 256 g/mol. The van der Waals surface area contributed by atoms with Crippen molar-refractivity contribution in [2.24, 2.45) is 0 Å². The summed E-state index contributed by atoms with van der Waals surface area (Å²) in [5, 5.41) is 18.4. The molecule has 0 spiro atoms. The minimum absolute atomic E-state index is 0.158. The highest BCUT2D eigenvalue weighted by molar-refractivity contribution is 5.36. The molecule has 0 bridgehead atoms. The lowest BCUT2D eigenvalue weighted by molar-refractivity contribution is 0.0499. The van der Waals surface area contributed by atoms with Gasteiger partial charge in [0.15, 0.2) is 0 Å². The fourth-order valence-corrected chi connectivity index (χ4v) is 2.85. The van der Waals surface area contributed by atoms with Crippen LogP contribution in [0.25, 0.3) is 0 Å². The van der Waals surface area contributed by atoms with Crippen molar-refractivity contribution in [1.82, 2.24) is 9.80 Å². The first-order chi connectivity index (χ1) is 9.80. The molecule has 1 unspecified atom stereocenters. The second-order valence-electron chi connectivity index (χ2n) is 5.04. The van der Waals surface area contributed by atoms with Crippen LogP contribution in [0.5, 0.6) is 5.75 Å². The van der Waals surface area contributed by atoms with E-state index >= 15 is 0 Å². The summed E-state index contributed by atoms with van der Waals surface area (Å²) in [6, 6.07) is 8.22. The normalized spacial score (nSPS) is 21.1. The Bertz CT molecular complexity index is 414. The third kappa shape index (κ3) is 3.49. The Morgan fingerprint density at radius 1 is 1.15 bits per heavy atom. The van der Waals surface area contributed by atoms with Crippen molar-refractivity contribution in [3.05, 3.63) is 29.8 Å². The number of β-amino-alcohol motifs (C(OH)–C–C–N with tert-alkyl or cyclic N) is 2. The lowest BCUT2D eigenvalue weighted by Crippen LogP contribution is -2.49. The first-order valence-electron chi connectivity index (χ1n) is 7.11. The smallest absolute Gasteiger partial charge is 0.123 e. The molecule has 1 atom stereocenters. The molecule has 5 heteroatoms. The second kappa shape index (κ2) is 7.59. The van der Waals surface area contributed by atoms with Gasteiger partial charge in [0, 0.05) is 38.3 Å². The third-order valence-electron chi connectivity index (χ3n) is 3.88. The number of para-hydroxylation sites is 1. The first kappa shape index (κ1) is 15.3. The molecular formula is C15H24N2O3. The summed E-state index contributed by atoms with van der Waals surface area (Å²) < 4.78 is 5.46. The van der Waals surface area contributed by atoms with E-state index in [0.717, 1.165) is 30.9 Å². The minimum atomic E-state index is 0.158. The zero-order chi connectivity index (χ0) is 14.4. The minimum Gasteiger partial charge on any atom is -0.496 e. The van der Waals surface area contributed by atoms with Gasteiger partial charge in [0.25, 0.3) is 0 Å². The van der Waals surface area contributed by atoms with Crippen LogP contribution in [-0.2, 0) is 0 Å². The van der Waals surface area contributed by atoms with Gasteiger partial charge in [0.2, 0.25) is 0 Å². The number of rotatable bonds is 6. The number of aliphatic hydroxyl groups excluding tert-OH is 2. The number of benzene rings is 1. The number of hydrogen-bond acceptors (Lipinski definition) is 5. The molecule has 2 N–H and O–H groups in total. The van der Waals surface area contributed by atoms with E-state index in [9.17, 15) is 5.11 Å². The van der Waals surface area contributed by atoms with Crippen LogP contribution in [0.4, 0.5) is 0 Å². The molecule has 1 aliphatic rings. The van der Waals surface area contributed by atoms with E-state index < -0.39 is 0 Å². The van der Waals surface area contributed by atoms with Gasteiger partial charge in [-0.05, 0) is 6.07 Å². The predicted molar refractivity (Wildman–Crippen MR) is 77.9 cm³/mol. The summed E-state index contributed by atoms with van der Waals surface area (Å²) in [6.45, 7) is 4.36. The molecule has 1 aliphatic heterocycles. The maximum absolute atomic E-state index is 9.25. The molecule has 1 aromatic carbocycles. The maximum atomic E-state index is 9.25. The number of aliphatic hydroxyl groups is 2. The third-order valence-corrected chi connectivity index (χ3v) is 3.88. The van der Waals surface area contributed by atoms with E-state index in [0.29, 0.717) is 13.1 Å². The molecule has 112 valence electrons. The van der Waals surface area contributed by atoms with Gasteiger partial charge in [0.1, 0.15) is 5.75 Å². The van der Waals surface area contributed by atoms with Crippen LogP contribution in [0.15, 0.2) is 24.3 Å². The van der Waals surface area contributed by atoms with E-state index in [1.54, 1.807) is 7.11 Å². The van der Waals surface area contributed by atoms with Crippen molar-refractivity contribution >= 4 is 0 Å². The van der Waals surface area contributed by atoms with E-state index in [1.807, 2.05) is 18.2 Å². The van der Waals surface area contributed by atoms with Gasteiger partial charge in [-0.2, -0.15) is 0 Å². The Hall–Kier alpha value is -1.14. The quantitative estimate of drug-likeness (QED) is 0.787. The van der Waals surface area contributed by atoms with Crippen LogP contribution in [0.1, 0.15) is 11.6 Å². The molecule has 2 rings (SSSR count). The number of ether oxygens (including phenoxy) is 1. The molecule has 5 nitrogen and oxygen atoms in total. The van der Waals surface area contributed by atoms with E-state index in [4.69, 9.17) is 9.84 Å². The topological polar surface area (TPSA) is 56.2 Å². The molecule has 1 saturated heterocycles. The average Bonchev–Trinajstić information content (AvgIpc) is 2.49. The van der Waals surface area contributed by atoms with Crippen LogP contribution in [0.2, 0.25) is 0 Å². The predicted octanol–water partition coefficient (Wildman–Crippen LogP) is 0.338. The fourth-order valence-electron chi connectivity index (χ4n) is 2.85. The maximum Gasteiger partial charge on any atom is 0.123 e. The van der Waals surface area contributed by atoms with Crippen molar-refractivity contribution in [3.63, 3.8) is 0 Å². The highest BCUT2D eigenvalue weighted by atomic mass is 16.5. The summed E-state index contributed by atoms with van der Waals surface area (Å²) in [6.07, 6.45) is 0. The zero-order valence-corrected chi connectivity index (χ0v) is 12.0. The van der Waals surface area contributed by atoms with Crippen LogP contribution < -0.4 is 4.74 Å². The summed E-state index contributed by atoms with van der Waals surface area (Å²) in [5.41, 5.74) is 1.14. The SMILES string of the molecule is COc1ccccc1C1CN(CCO)CCN1CCO. The van der Waals surface area contributed by atoms with Crippen LogP contribution in [0.3, 0.4) is 0 Å². The number of methoxy groups -OCH3 is 1. The summed E-state index contributed by atoms with van der Waals surface area (Å²) in [4.78, 5) is 4.54. The largest absolute Gasteiger partial charge is 0.496 e. The lowest BCUT2D eigenvalue weighted by Gasteiger charge is -2.41. The van der Waals surface area contributed by atoms with Gasteiger partial charge in [-0.1, -0.05) is 18.2 Å². The van der Waals surface area contributed by atoms with Crippen LogP contribution in [0, 0.1) is 0 Å². The number of hydrogen-bond donors (Lipinski definition) is 2. The standard InChI is InChI=1S/C15H24N2O3/c1-20-15-5-3-2-4-13(15)14-12-16(8-10-18)6-7-17(14)9-11-19/h2-5,14,18-19H,6-12H2,1H3. The van der Waals surface area contributed by atoms with Gasteiger partial charge in [-0.3, -0.25) is 9.80 Å². The van der Waals surface area contributed by atoms with E-state index in [-0.39, 0.29) is 19.3 Å². The molecule has 0 aliphatic carbocycles. The van der Waals surface area contributed by atoms with Crippen molar-refractivity contribution < 1.29 is 14.9 Å². The van der Waals surface area contributed by atoms with Gasteiger partial charge in [-0.15, -0.1) is 0 Å². The van der Waals surface area contributed by atoms with E-state index in [2.05, 4.69) is 15.9 Å². The molecule has 1 heterocycles. The lowest BCUT2D eigenvalue weighted by atomic mass is 10.0. The van der Waals surface area contributed by atoms with Crippen LogP contribution in [-0.4, -0.2) is 73.1 Å². The van der Waals surface area contributed by atoms with Crippen molar-refractivity contribution in [3.8, 4) is 5.75 Å². The Morgan fingerprint density at radius 3 is 2.60 bits per heavy atom. The van der Waals surface area contributed by atoms with Crippen molar-refractivity contribution in [2.45, 2.75) is 6.04 Å². The highest BCUT2D eigenvalue weighted by Crippen LogP contribution is 2.31. The summed E-state index contributed by atoms with van der Waals surface area (Å²) in [7, 11) is 1.68. The summed E-state index contributed by atoms with van der Waals surface area (Å²) >= 11 is 0. The Kier molecular flexibility index (Phi) is 5.79.